The monoisotopic (exact) mass is 422 g/mol. The minimum absolute atomic E-state index is 0.203. The summed E-state index contributed by atoms with van der Waals surface area (Å²) in [6.45, 7) is 0.203. The zero-order valence-corrected chi connectivity index (χ0v) is 16.5. The van der Waals surface area contributed by atoms with Crippen LogP contribution in [0.25, 0.3) is 6.08 Å². The molecule has 1 fully saturated rings. The maximum Gasteiger partial charge on any atom is 0.264 e. The maximum absolute atomic E-state index is 13.4. The van der Waals surface area contributed by atoms with Crippen LogP contribution >= 0.6 is 11.8 Å². The number of hydrogen-bond acceptors (Lipinski definition) is 4. The summed E-state index contributed by atoms with van der Waals surface area (Å²) in [6, 6.07) is 19.2. The number of aliphatic imine (C=N–C) groups is 1. The number of benzene rings is 3. The van der Waals surface area contributed by atoms with E-state index in [0.29, 0.717) is 27.1 Å². The third-order valence-corrected chi connectivity index (χ3v) is 5.11. The molecule has 1 amide bonds. The Morgan fingerprint density at radius 2 is 1.77 bits per heavy atom. The molecule has 1 heterocycles. The van der Waals surface area contributed by atoms with Crippen LogP contribution < -0.4 is 10.1 Å². The molecule has 3 aromatic carbocycles. The van der Waals surface area contributed by atoms with Crippen LogP contribution in [0.4, 0.5) is 14.5 Å². The summed E-state index contributed by atoms with van der Waals surface area (Å²) in [7, 11) is 0. The maximum atomic E-state index is 13.4. The lowest BCUT2D eigenvalue weighted by Crippen LogP contribution is -2.19. The topological polar surface area (TPSA) is 50.7 Å². The molecule has 0 bridgehead atoms. The number of carbonyl (C=O) groups is 1. The van der Waals surface area contributed by atoms with E-state index in [4.69, 9.17) is 4.74 Å². The van der Waals surface area contributed by atoms with E-state index in [1.807, 2.05) is 18.2 Å². The predicted molar refractivity (Wildman–Crippen MR) is 114 cm³/mol. The lowest BCUT2D eigenvalue weighted by atomic mass is 10.2. The predicted octanol–water partition coefficient (Wildman–Crippen LogP) is 5.44. The van der Waals surface area contributed by atoms with E-state index >= 15 is 0 Å². The Labute approximate surface area is 176 Å². The fourth-order valence-electron chi connectivity index (χ4n) is 2.77. The lowest BCUT2D eigenvalue weighted by molar-refractivity contribution is -0.115. The number of ether oxygens (including phenoxy) is 1. The lowest BCUT2D eigenvalue weighted by Gasteiger charge is -2.09. The van der Waals surface area contributed by atoms with Crippen molar-refractivity contribution in [3.8, 4) is 5.75 Å². The normalized spacial score (nSPS) is 16.1. The van der Waals surface area contributed by atoms with E-state index in [2.05, 4.69) is 10.3 Å². The Bertz CT molecular complexity index is 1140. The molecular formula is C23H16F2N2O2S. The highest BCUT2D eigenvalue weighted by Crippen LogP contribution is 2.31. The van der Waals surface area contributed by atoms with Crippen LogP contribution in [0.5, 0.6) is 5.75 Å². The number of hydrogen-bond donors (Lipinski definition) is 1. The number of thioether (sulfide) groups is 1. The van der Waals surface area contributed by atoms with Crippen LogP contribution in [0.2, 0.25) is 0 Å². The summed E-state index contributed by atoms with van der Waals surface area (Å²) >= 11 is 1.19. The molecule has 0 aliphatic carbocycles. The Balaban J connectivity index is 1.51. The smallest absolute Gasteiger partial charge is 0.264 e. The second-order valence-corrected chi connectivity index (χ2v) is 7.45. The van der Waals surface area contributed by atoms with Crippen LogP contribution in [-0.2, 0) is 11.4 Å². The molecule has 4 nitrogen and oxygen atoms in total. The third-order valence-electron chi connectivity index (χ3n) is 4.20. The first-order chi connectivity index (χ1) is 14.6. The van der Waals surface area contributed by atoms with Gasteiger partial charge in [-0.2, -0.15) is 0 Å². The zero-order valence-electron chi connectivity index (χ0n) is 15.6. The second kappa shape index (κ2) is 8.92. The Kier molecular flexibility index (Phi) is 5.90. The van der Waals surface area contributed by atoms with Crippen molar-refractivity contribution in [2.45, 2.75) is 6.61 Å². The van der Waals surface area contributed by atoms with Gasteiger partial charge in [0.25, 0.3) is 5.91 Å². The van der Waals surface area contributed by atoms with Crippen molar-refractivity contribution in [3.63, 3.8) is 0 Å². The molecule has 1 N–H and O–H groups in total. The number of para-hydroxylation sites is 1. The van der Waals surface area contributed by atoms with Gasteiger partial charge in [0.1, 0.15) is 24.0 Å². The number of nitrogens with zero attached hydrogens (tertiary/aromatic N) is 1. The first-order valence-corrected chi connectivity index (χ1v) is 9.90. The number of rotatable bonds is 5. The van der Waals surface area contributed by atoms with Crippen molar-refractivity contribution in [3.05, 3.63) is 100 Å². The Hall–Kier alpha value is -3.45. The van der Waals surface area contributed by atoms with Crippen LogP contribution in [0, 0.1) is 11.6 Å². The first-order valence-electron chi connectivity index (χ1n) is 9.08. The quantitative estimate of drug-likeness (QED) is 0.558. The summed E-state index contributed by atoms with van der Waals surface area (Å²) in [5.74, 6) is -0.372. The minimum atomic E-state index is -0.350. The molecule has 1 saturated heterocycles. The number of nitrogens with one attached hydrogen (secondary N) is 1. The number of amides is 1. The van der Waals surface area contributed by atoms with Crippen molar-refractivity contribution in [2.75, 3.05) is 0 Å². The van der Waals surface area contributed by atoms with Crippen molar-refractivity contribution in [2.24, 2.45) is 4.99 Å². The van der Waals surface area contributed by atoms with Crippen LogP contribution in [0.15, 0.2) is 82.7 Å². The van der Waals surface area contributed by atoms with Gasteiger partial charge >= 0.3 is 0 Å². The van der Waals surface area contributed by atoms with Gasteiger partial charge in [-0.05, 0) is 65.9 Å². The van der Waals surface area contributed by atoms with Gasteiger partial charge in [-0.3, -0.25) is 4.79 Å². The van der Waals surface area contributed by atoms with Crippen molar-refractivity contribution < 1.29 is 18.3 Å². The van der Waals surface area contributed by atoms with E-state index in [0.717, 1.165) is 5.56 Å². The fourth-order valence-corrected chi connectivity index (χ4v) is 3.61. The first kappa shape index (κ1) is 19.8. The van der Waals surface area contributed by atoms with E-state index in [9.17, 15) is 13.6 Å². The van der Waals surface area contributed by atoms with Gasteiger partial charge in [-0.25, -0.2) is 13.8 Å². The molecule has 0 aromatic heterocycles. The SMILES string of the molecule is O=C1NC(=Nc2ccc(F)cc2)S/C1=C/c1ccccc1OCc1cccc(F)c1. The van der Waals surface area contributed by atoms with Crippen LogP contribution in [-0.4, -0.2) is 11.1 Å². The molecule has 0 radical (unpaired) electrons. The van der Waals surface area contributed by atoms with Crippen molar-refractivity contribution >= 4 is 34.6 Å². The molecule has 1 aliphatic heterocycles. The average molecular weight is 422 g/mol. The number of carbonyl (C=O) groups excluding carboxylic acids is 1. The van der Waals surface area contributed by atoms with Crippen molar-refractivity contribution in [1.82, 2.24) is 5.32 Å². The fraction of sp³-hybridized carbons (Fsp3) is 0.0435. The Morgan fingerprint density at radius 1 is 0.967 bits per heavy atom. The van der Waals surface area contributed by atoms with Crippen LogP contribution in [0.3, 0.4) is 0 Å². The summed E-state index contributed by atoms with van der Waals surface area (Å²) < 4.78 is 32.2. The molecule has 0 unspecified atom stereocenters. The van der Waals surface area contributed by atoms with E-state index < -0.39 is 0 Å². The average Bonchev–Trinajstić information content (AvgIpc) is 3.08. The molecule has 1 aliphatic rings. The van der Waals surface area contributed by atoms with Gasteiger partial charge in [0, 0.05) is 5.56 Å². The van der Waals surface area contributed by atoms with E-state index in [1.165, 1.54) is 48.2 Å². The van der Waals surface area contributed by atoms with Crippen molar-refractivity contribution in [1.29, 1.82) is 0 Å². The van der Waals surface area contributed by atoms with Crippen LogP contribution in [0.1, 0.15) is 11.1 Å². The van der Waals surface area contributed by atoms with Gasteiger partial charge in [-0.1, -0.05) is 30.3 Å². The molecule has 0 saturated carbocycles. The Morgan fingerprint density at radius 3 is 2.57 bits per heavy atom. The van der Waals surface area contributed by atoms with Gasteiger partial charge < -0.3 is 10.1 Å². The summed E-state index contributed by atoms with van der Waals surface area (Å²) in [5, 5.41) is 3.11. The van der Waals surface area contributed by atoms with Gasteiger partial charge in [0.2, 0.25) is 0 Å². The molecule has 4 rings (SSSR count). The molecule has 3 aromatic rings. The largest absolute Gasteiger partial charge is 0.488 e. The van der Waals surface area contributed by atoms with Gasteiger partial charge in [0.15, 0.2) is 5.17 Å². The molecule has 0 atom stereocenters. The molecule has 0 spiro atoms. The van der Waals surface area contributed by atoms with E-state index in [-0.39, 0.29) is 24.1 Å². The second-order valence-electron chi connectivity index (χ2n) is 6.41. The summed E-state index contributed by atoms with van der Waals surface area (Å²) in [4.78, 5) is 17.1. The molecule has 150 valence electrons. The highest BCUT2D eigenvalue weighted by atomic mass is 32.2. The molecule has 30 heavy (non-hydrogen) atoms. The third kappa shape index (κ3) is 4.93. The molecular weight excluding hydrogens is 406 g/mol. The summed E-state index contributed by atoms with van der Waals surface area (Å²) in [6.07, 6.45) is 1.72. The standard InChI is InChI=1S/C23H16F2N2O2S/c24-17-8-10-19(11-9-17)26-23-27-22(28)21(30-23)13-16-5-1-2-7-20(16)29-14-15-4-3-6-18(25)12-15/h1-13H,14H2,(H,26,27,28)/b21-13+. The van der Waals surface area contributed by atoms with Gasteiger partial charge in [-0.15, -0.1) is 0 Å². The minimum Gasteiger partial charge on any atom is -0.488 e. The highest BCUT2D eigenvalue weighted by Gasteiger charge is 2.24. The van der Waals surface area contributed by atoms with E-state index in [1.54, 1.807) is 24.3 Å². The number of halogens is 2. The number of amidine groups is 1. The highest BCUT2D eigenvalue weighted by molar-refractivity contribution is 8.18. The van der Waals surface area contributed by atoms with Gasteiger partial charge in [0.05, 0.1) is 10.6 Å². The summed E-state index contributed by atoms with van der Waals surface area (Å²) in [5.41, 5.74) is 1.97. The zero-order chi connectivity index (χ0) is 20.9. The molecule has 7 heteroatoms.